The molecule has 1 aromatic carbocycles. The molecule has 0 spiro atoms. The largest absolute Gasteiger partial charge is 0.306 e. The Hall–Kier alpha value is -0.710. The Morgan fingerprint density at radius 1 is 1.33 bits per heavy atom. The Balaban J connectivity index is 2.23. The second-order valence-electron chi connectivity index (χ2n) is 4.50. The fourth-order valence-corrected chi connectivity index (χ4v) is 3.15. The summed E-state index contributed by atoms with van der Waals surface area (Å²) in [5.41, 5.74) is 1.23. The van der Waals surface area contributed by atoms with Gasteiger partial charge in [-0.1, -0.05) is 35.0 Å². The summed E-state index contributed by atoms with van der Waals surface area (Å²) in [6, 6.07) is 8.49. The second-order valence-corrected chi connectivity index (χ2v) is 6.31. The number of likely N-dealkylation sites (N-methyl/N-ethyl adjacent to an activating group) is 1. The molecule has 1 N–H and O–H groups in total. The highest BCUT2D eigenvalue weighted by molar-refractivity contribution is 9.10. The van der Waals surface area contributed by atoms with E-state index in [0.29, 0.717) is 0 Å². The zero-order chi connectivity index (χ0) is 13.0. The van der Waals surface area contributed by atoms with Crippen molar-refractivity contribution in [3.8, 4) is 0 Å². The fourth-order valence-electron chi connectivity index (χ4n) is 2.11. The van der Waals surface area contributed by atoms with Crippen molar-refractivity contribution >= 4 is 27.3 Å². The third kappa shape index (κ3) is 3.19. The lowest BCUT2D eigenvalue weighted by molar-refractivity contribution is 0.371. The highest BCUT2D eigenvalue weighted by Gasteiger charge is 2.28. The Labute approximate surface area is 121 Å². The van der Waals surface area contributed by atoms with E-state index >= 15 is 0 Å². The lowest BCUT2D eigenvalue weighted by Gasteiger charge is -2.28. The van der Waals surface area contributed by atoms with Crippen LogP contribution in [0.15, 0.2) is 40.3 Å². The van der Waals surface area contributed by atoms with Gasteiger partial charge in [-0.15, -0.1) is 11.3 Å². The molecular weight excluding hydrogens is 308 g/mol. The Kier molecular flexibility index (Phi) is 4.54. The van der Waals surface area contributed by atoms with E-state index in [1.54, 1.807) is 11.3 Å². The zero-order valence-electron chi connectivity index (χ0n) is 10.6. The van der Waals surface area contributed by atoms with Gasteiger partial charge in [-0.25, -0.2) is 4.98 Å². The lowest BCUT2D eigenvalue weighted by Crippen LogP contribution is -2.41. The Bertz CT molecular complexity index is 481. The van der Waals surface area contributed by atoms with Gasteiger partial charge in [-0.05, 0) is 37.6 Å². The molecule has 1 atom stereocenters. The van der Waals surface area contributed by atoms with Gasteiger partial charge in [0.05, 0.1) is 5.54 Å². The van der Waals surface area contributed by atoms with Crippen molar-refractivity contribution in [1.29, 1.82) is 0 Å². The van der Waals surface area contributed by atoms with E-state index in [1.807, 2.05) is 11.6 Å². The third-order valence-electron chi connectivity index (χ3n) is 2.94. The molecule has 2 aromatic rings. The van der Waals surface area contributed by atoms with Crippen molar-refractivity contribution in [3.05, 3.63) is 50.9 Å². The topological polar surface area (TPSA) is 24.9 Å². The molecule has 1 unspecified atom stereocenters. The number of thiazole rings is 1. The van der Waals surface area contributed by atoms with Crippen molar-refractivity contribution in [1.82, 2.24) is 10.3 Å². The predicted octanol–water partition coefficient (Wildman–Crippen LogP) is 3.97. The van der Waals surface area contributed by atoms with Crippen LogP contribution in [0, 0.1) is 0 Å². The SMILES string of the molecule is CCNC(C)(Cc1ccc(Br)cc1)c1nccs1. The van der Waals surface area contributed by atoms with E-state index in [-0.39, 0.29) is 5.54 Å². The first kappa shape index (κ1) is 13.7. The van der Waals surface area contributed by atoms with E-state index in [0.717, 1.165) is 22.4 Å². The van der Waals surface area contributed by atoms with Gasteiger partial charge in [0.15, 0.2) is 0 Å². The number of rotatable bonds is 5. The normalized spacial score (nSPS) is 14.4. The number of hydrogen-bond donors (Lipinski definition) is 1. The molecule has 96 valence electrons. The van der Waals surface area contributed by atoms with E-state index in [9.17, 15) is 0 Å². The molecule has 0 bridgehead atoms. The zero-order valence-corrected chi connectivity index (χ0v) is 13.0. The van der Waals surface area contributed by atoms with Gasteiger partial charge in [0, 0.05) is 16.0 Å². The molecule has 0 aliphatic heterocycles. The molecule has 0 fully saturated rings. The van der Waals surface area contributed by atoms with Gasteiger partial charge in [0.2, 0.25) is 0 Å². The molecule has 4 heteroatoms. The molecular formula is C14H17BrN2S. The standard InChI is InChI=1S/C14H17BrN2S/c1-3-17-14(2,13-16-8-9-18-13)10-11-4-6-12(15)7-5-11/h4-9,17H,3,10H2,1-2H3. The van der Waals surface area contributed by atoms with Crippen molar-refractivity contribution in [2.24, 2.45) is 0 Å². The molecule has 2 nitrogen and oxygen atoms in total. The van der Waals surface area contributed by atoms with Gasteiger partial charge < -0.3 is 5.32 Å². The average Bonchev–Trinajstić information content (AvgIpc) is 2.87. The monoisotopic (exact) mass is 324 g/mol. The van der Waals surface area contributed by atoms with Crippen molar-refractivity contribution in [2.45, 2.75) is 25.8 Å². The minimum Gasteiger partial charge on any atom is -0.306 e. The maximum atomic E-state index is 4.47. The van der Waals surface area contributed by atoms with Crippen molar-refractivity contribution < 1.29 is 0 Å². The maximum Gasteiger partial charge on any atom is 0.113 e. The van der Waals surface area contributed by atoms with Crippen LogP contribution in [0.2, 0.25) is 0 Å². The van der Waals surface area contributed by atoms with Gasteiger partial charge in [0.25, 0.3) is 0 Å². The van der Waals surface area contributed by atoms with Crippen LogP contribution in [-0.2, 0) is 12.0 Å². The molecule has 0 saturated carbocycles. The molecule has 0 aliphatic rings. The van der Waals surface area contributed by atoms with Crippen LogP contribution in [-0.4, -0.2) is 11.5 Å². The number of hydrogen-bond acceptors (Lipinski definition) is 3. The number of halogens is 1. The number of nitrogens with one attached hydrogen (secondary N) is 1. The summed E-state index contributed by atoms with van der Waals surface area (Å²) in [4.78, 5) is 4.47. The van der Waals surface area contributed by atoms with E-state index in [4.69, 9.17) is 0 Å². The van der Waals surface area contributed by atoms with Gasteiger partial charge in [0.1, 0.15) is 5.01 Å². The highest BCUT2D eigenvalue weighted by atomic mass is 79.9. The summed E-state index contributed by atoms with van der Waals surface area (Å²) in [6.45, 7) is 5.29. The molecule has 0 saturated heterocycles. The lowest BCUT2D eigenvalue weighted by atomic mass is 9.93. The van der Waals surface area contributed by atoms with E-state index < -0.39 is 0 Å². The minimum absolute atomic E-state index is 0.0866. The quantitative estimate of drug-likeness (QED) is 0.900. The van der Waals surface area contributed by atoms with Gasteiger partial charge >= 0.3 is 0 Å². The molecule has 1 heterocycles. The first-order valence-electron chi connectivity index (χ1n) is 6.03. The van der Waals surface area contributed by atoms with E-state index in [2.05, 4.69) is 64.3 Å². The Morgan fingerprint density at radius 2 is 2.06 bits per heavy atom. The van der Waals surface area contributed by atoms with Crippen LogP contribution in [0.1, 0.15) is 24.4 Å². The maximum absolute atomic E-state index is 4.47. The van der Waals surface area contributed by atoms with Crippen LogP contribution in [0.4, 0.5) is 0 Å². The van der Waals surface area contributed by atoms with Crippen LogP contribution in [0.25, 0.3) is 0 Å². The third-order valence-corrected chi connectivity index (χ3v) is 4.51. The minimum atomic E-state index is -0.0866. The molecule has 0 aliphatic carbocycles. The van der Waals surface area contributed by atoms with Crippen LogP contribution < -0.4 is 5.32 Å². The molecule has 0 amide bonds. The second kappa shape index (κ2) is 5.95. The molecule has 0 radical (unpaired) electrons. The number of aromatic nitrogens is 1. The summed E-state index contributed by atoms with van der Waals surface area (Å²) in [6.07, 6.45) is 2.82. The van der Waals surface area contributed by atoms with Gasteiger partial charge in [-0.2, -0.15) is 0 Å². The summed E-state index contributed by atoms with van der Waals surface area (Å²) < 4.78 is 1.12. The summed E-state index contributed by atoms with van der Waals surface area (Å²) in [5.74, 6) is 0. The fraction of sp³-hybridized carbons (Fsp3) is 0.357. The summed E-state index contributed by atoms with van der Waals surface area (Å²) in [7, 11) is 0. The smallest absolute Gasteiger partial charge is 0.113 e. The average molecular weight is 325 g/mol. The van der Waals surface area contributed by atoms with Crippen LogP contribution in [0.3, 0.4) is 0 Å². The van der Waals surface area contributed by atoms with Gasteiger partial charge in [-0.3, -0.25) is 0 Å². The van der Waals surface area contributed by atoms with Crippen LogP contribution in [0.5, 0.6) is 0 Å². The molecule has 1 aromatic heterocycles. The Morgan fingerprint density at radius 3 is 2.61 bits per heavy atom. The molecule has 2 rings (SSSR count). The molecule has 18 heavy (non-hydrogen) atoms. The summed E-state index contributed by atoms with van der Waals surface area (Å²) in [5, 5.41) is 6.74. The highest BCUT2D eigenvalue weighted by Crippen LogP contribution is 2.27. The van der Waals surface area contributed by atoms with Crippen molar-refractivity contribution in [2.75, 3.05) is 6.54 Å². The predicted molar refractivity (Wildman–Crippen MR) is 81.0 cm³/mol. The first-order chi connectivity index (χ1) is 8.64. The van der Waals surface area contributed by atoms with E-state index in [1.165, 1.54) is 5.56 Å². The van der Waals surface area contributed by atoms with Crippen LogP contribution >= 0.6 is 27.3 Å². The number of benzene rings is 1. The first-order valence-corrected chi connectivity index (χ1v) is 7.71. The number of nitrogens with zero attached hydrogens (tertiary/aromatic N) is 1. The van der Waals surface area contributed by atoms with Crippen molar-refractivity contribution in [3.63, 3.8) is 0 Å². The summed E-state index contributed by atoms with van der Waals surface area (Å²) >= 11 is 5.18.